The SMILES string of the molecule is Cc1ccc(F)c(N2CCC(NC(=O)c3cc(F)ccc3Br)CC2)c1. The molecule has 1 amide bonds. The second-order valence-corrected chi connectivity index (χ2v) is 7.17. The highest BCUT2D eigenvalue weighted by Gasteiger charge is 2.23. The molecule has 0 atom stereocenters. The normalized spacial score (nSPS) is 15.3. The second-order valence-electron chi connectivity index (χ2n) is 6.31. The molecule has 1 N–H and O–H groups in total. The van der Waals surface area contributed by atoms with Crippen molar-refractivity contribution in [2.75, 3.05) is 18.0 Å². The summed E-state index contributed by atoms with van der Waals surface area (Å²) in [6, 6.07) is 9.12. The molecule has 0 unspecified atom stereocenters. The van der Waals surface area contributed by atoms with Crippen LogP contribution in [-0.4, -0.2) is 25.0 Å². The van der Waals surface area contributed by atoms with Crippen LogP contribution in [0.1, 0.15) is 28.8 Å². The number of benzene rings is 2. The maximum atomic E-state index is 14.0. The predicted molar refractivity (Wildman–Crippen MR) is 97.9 cm³/mol. The first-order valence-electron chi connectivity index (χ1n) is 8.21. The van der Waals surface area contributed by atoms with Crippen LogP contribution >= 0.6 is 15.9 Å². The summed E-state index contributed by atoms with van der Waals surface area (Å²) >= 11 is 3.27. The lowest BCUT2D eigenvalue weighted by Gasteiger charge is -2.34. The standard InChI is InChI=1S/C19H19BrF2N2O/c1-12-2-5-17(22)18(10-12)24-8-6-14(7-9-24)23-19(25)15-11-13(21)3-4-16(15)20/h2-5,10-11,14H,6-9H2,1H3,(H,23,25). The van der Waals surface area contributed by atoms with Gasteiger partial charge in [-0.2, -0.15) is 0 Å². The zero-order valence-corrected chi connectivity index (χ0v) is 15.4. The Hall–Kier alpha value is -1.95. The third-order valence-electron chi connectivity index (χ3n) is 4.45. The molecule has 3 nitrogen and oxygen atoms in total. The zero-order chi connectivity index (χ0) is 18.0. The first-order valence-corrected chi connectivity index (χ1v) is 9.00. The summed E-state index contributed by atoms with van der Waals surface area (Å²) in [7, 11) is 0. The van der Waals surface area contributed by atoms with Gasteiger partial charge in [0, 0.05) is 23.6 Å². The van der Waals surface area contributed by atoms with E-state index in [0.29, 0.717) is 36.1 Å². The quantitative estimate of drug-likeness (QED) is 0.814. The lowest BCUT2D eigenvalue weighted by atomic mass is 10.0. The van der Waals surface area contributed by atoms with Gasteiger partial charge in [-0.15, -0.1) is 0 Å². The van der Waals surface area contributed by atoms with Crippen LogP contribution in [0.15, 0.2) is 40.9 Å². The van der Waals surface area contributed by atoms with Crippen LogP contribution in [0.25, 0.3) is 0 Å². The Balaban J connectivity index is 1.62. The predicted octanol–water partition coefficient (Wildman–Crippen LogP) is 4.43. The van der Waals surface area contributed by atoms with Crippen molar-refractivity contribution in [2.24, 2.45) is 0 Å². The Kier molecular flexibility index (Phi) is 5.37. The first-order chi connectivity index (χ1) is 11.9. The molecule has 25 heavy (non-hydrogen) atoms. The van der Waals surface area contributed by atoms with Crippen LogP contribution in [0.4, 0.5) is 14.5 Å². The van der Waals surface area contributed by atoms with Gasteiger partial charge in [-0.25, -0.2) is 8.78 Å². The number of piperidine rings is 1. The average molecular weight is 409 g/mol. The summed E-state index contributed by atoms with van der Waals surface area (Å²) in [5.41, 5.74) is 1.91. The van der Waals surface area contributed by atoms with Crippen LogP contribution in [0, 0.1) is 18.6 Å². The molecule has 0 aromatic heterocycles. The lowest BCUT2D eigenvalue weighted by Crippen LogP contribution is -2.45. The van der Waals surface area contributed by atoms with E-state index in [-0.39, 0.29) is 23.3 Å². The highest BCUT2D eigenvalue weighted by Crippen LogP contribution is 2.25. The number of hydrogen-bond donors (Lipinski definition) is 1. The molecule has 1 heterocycles. The fourth-order valence-corrected chi connectivity index (χ4v) is 3.49. The van der Waals surface area contributed by atoms with Crippen molar-refractivity contribution >= 4 is 27.5 Å². The van der Waals surface area contributed by atoms with Crippen molar-refractivity contribution in [1.29, 1.82) is 0 Å². The van der Waals surface area contributed by atoms with Crippen LogP contribution in [0.3, 0.4) is 0 Å². The Morgan fingerprint density at radius 1 is 1.16 bits per heavy atom. The van der Waals surface area contributed by atoms with Gasteiger partial charge in [0.15, 0.2) is 0 Å². The van der Waals surface area contributed by atoms with Gasteiger partial charge in [0.2, 0.25) is 0 Å². The van der Waals surface area contributed by atoms with Crippen molar-refractivity contribution in [3.63, 3.8) is 0 Å². The first kappa shape index (κ1) is 17.9. The van der Waals surface area contributed by atoms with Crippen molar-refractivity contribution in [3.05, 3.63) is 63.6 Å². The molecule has 0 aliphatic carbocycles. The summed E-state index contributed by atoms with van der Waals surface area (Å²) < 4.78 is 27.9. The molecule has 132 valence electrons. The van der Waals surface area contributed by atoms with E-state index in [4.69, 9.17) is 0 Å². The largest absolute Gasteiger partial charge is 0.369 e. The molecule has 0 bridgehead atoms. The summed E-state index contributed by atoms with van der Waals surface area (Å²) in [6.07, 6.45) is 1.43. The number of carbonyl (C=O) groups is 1. The van der Waals surface area contributed by atoms with Gasteiger partial charge in [0.25, 0.3) is 5.91 Å². The minimum atomic E-state index is -0.446. The number of nitrogens with one attached hydrogen (secondary N) is 1. The summed E-state index contributed by atoms with van der Waals surface area (Å²) in [6.45, 7) is 3.26. The van der Waals surface area contributed by atoms with Crippen LogP contribution in [0.5, 0.6) is 0 Å². The minimum Gasteiger partial charge on any atom is -0.369 e. The fraction of sp³-hybridized carbons (Fsp3) is 0.316. The van der Waals surface area contributed by atoms with E-state index in [2.05, 4.69) is 21.2 Å². The Bertz CT molecular complexity index is 789. The lowest BCUT2D eigenvalue weighted by molar-refractivity contribution is 0.0930. The van der Waals surface area contributed by atoms with Gasteiger partial charge in [0.05, 0.1) is 11.3 Å². The number of nitrogens with zero attached hydrogens (tertiary/aromatic N) is 1. The molecule has 6 heteroatoms. The molecule has 2 aromatic rings. The van der Waals surface area contributed by atoms with E-state index in [1.165, 1.54) is 24.3 Å². The topological polar surface area (TPSA) is 32.3 Å². The van der Waals surface area contributed by atoms with Crippen LogP contribution in [0.2, 0.25) is 0 Å². The van der Waals surface area contributed by atoms with E-state index < -0.39 is 5.82 Å². The molecule has 0 spiro atoms. The van der Waals surface area contributed by atoms with Crippen LogP contribution in [-0.2, 0) is 0 Å². The van der Waals surface area contributed by atoms with Gasteiger partial charge in [0.1, 0.15) is 11.6 Å². The molecule has 1 aliphatic heterocycles. The number of halogens is 3. The van der Waals surface area contributed by atoms with Crippen molar-refractivity contribution in [3.8, 4) is 0 Å². The van der Waals surface area contributed by atoms with Gasteiger partial charge < -0.3 is 10.2 Å². The fourth-order valence-electron chi connectivity index (χ4n) is 3.06. The van der Waals surface area contributed by atoms with E-state index in [1.54, 1.807) is 6.07 Å². The Morgan fingerprint density at radius 2 is 1.88 bits per heavy atom. The third-order valence-corrected chi connectivity index (χ3v) is 5.14. The molecular weight excluding hydrogens is 390 g/mol. The molecule has 0 saturated carbocycles. The van der Waals surface area contributed by atoms with Gasteiger partial charge in [-0.3, -0.25) is 4.79 Å². The summed E-state index contributed by atoms with van der Waals surface area (Å²) in [4.78, 5) is 14.4. The highest BCUT2D eigenvalue weighted by atomic mass is 79.9. The van der Waals surface area contributed by atoms with Crippen molar-refractivity contribution in [1.82, 2.24) is 5.32 Å². The Morgan fingerprint density at radius 3 is 2.60 bits per heavy atom. The number of rotatable bonds is 3. The third kappa shape index (κ3) is 4.18. The number of amides is 1. The molecule has 3 rings (SSSR count). The molecule has 0 radical (unpaired) electrons. The monoisotopic (exact) mass is 408 g/mol. The number of anilines is 1. The second kappa shape index (κ2) is 7.52. The number of hydrogen-bond acceptors (Lipinski definition) is 2. The zero-order valence-electron chi connectivity index (χ0n) is 13.9. The van der Waals surface area contributed by atoms with E-state index in [9.17, 15) is 13.6 Å². The average Bonchev–Trinajstić information content (AvgIpc) is 2.60. The molecular formula is C19H19BrF2N2O. The maximum absolute atomic E-state index is 14.0. The minimum absolute atomic E-state index is 0.00760. The molecule has 1 fully saturated rings. The smallest absolute Gasteiger partial charge is 0.252 e. The van der Waals surface area contributed by atoms with Crippen LogP contribution < -0.4 is 10.2 Å². The van der Waals surface area contributed by atoms with E-state index in [1.807, 2.05) is 17.9 Å². The Labute approximate surface area is 154 Å². The highest BCUT2D eigenvalue weighted by molar-refractivity contribution is 9.10. The van der Waals surface area contributed by atoms with Gasteiger partial charge in [-0.05, 0) is 71.6 Å². The van der Waals surface area contributed by atoms with E-state index >= 15 is 0 Å². The van der Waals surface area contributed by atoms with Crippen molar-refractivity contribution in [2.45, 2.75) is 25.8 Å². The maximum Gasteiger partial charge on any atom is 0.252 e. The number of carbonyl (C=O) groups excluding carboxylic acids is 1. The molecule has 1 saturated heterocycles. The van der Waals surface area contributed by atoms with Gasteiger partial charge >= 0.3 is 0 Å². The molecule has 2 aromatic carbocycles. The van der Waals surface area contributed by atoms with Gasteiger partial charge in [-0.1, -0.05) is 6.07 Å². The number of aryl methyl sites for hydroxylation is 1. The summed E-state index contributed by atoms with van der Waals surface area (Å²) in [5.74, 6) is -0.971. The molecule has 1 aliphatic rings. The summed E-state index contributed by atoms with van der Waals surface area (Å²) in [5, 5.41) is 2.95. The van der Waals surface area contributed by atoms with Crippen molar-refractivity contribution < 1.29 is 13.6 Å². The van der Waals surface area contributed by atoms with E-state index in [0.717, 1.165) is 5.56 Å².